The Morgan fingerprint density at radius 1 is 1.18 bits per heavy atom. The molecule has 4 rings (SSSR count). The van der Waals surface area contributed by atoms with E-state index in [1.807, 2.05) is 12.1 Å². The Balaban J connectivity index is 1.29. The minimum absolute atomic E-state index is 0.495. The number of anilines is 1. The molecule has 146 valence electrons. The molecule has 2 aromatic rings. The van der Waals surface area contributed by atoms with E-state index in [-0.39, 0.29) is 0 Å². The Hall–Kier alpha value is -2.14. The van der Waals surface area contributed by atoms with Gasteiger partial charge in [-0.2, -0.15) is 5.26 Å². The van der Waals surface area contributed by atoms with E-state index >= 15 is 0 Å². The second-order valence-electron chi connectivity index (χ2n) is 6.60. The maximum Gasteiger partial charge on any atom is 0.184 e. The summed E-state index contributed by atoms with van der Waals surface area (Å²) in [4.78, 5) is 9.09. The van der Waals surface area contributed by atoms with E-state index in [1.165, 1.54) is 0 Å². The van der Waals surface area contributed by atoms with Crippen LogP contribution in [-0.2, 0) is 0 Å². The summed E-state index contributed by atoms with van der Waals surface area (Å²) >= 11 is 7.51. The minimum atomic E-state index is 0.495. The van der Waals surface area contributed by atoms with Crippen LogP contribution in [0.1, 0.15) is 5.56 Å². The van der Waals surface area contributed by atoms with Gasteiger partial charge in [-0.1, -0.05) is 17.7 Å². The van der Waals surface area contributed by atoms with Crippen molar-refractivity contribution in [1.82, 2.24) is 9.88 Å². The first kappa shape index (κ1) is 19.2. The van der Waals surface area contributed by atoms with Gasteiger partial charge < -0.3 is 14.4 Å². The summed E-state index contributed by atoms with van der Waals surface area (Å²) in [5.74, 6) is 2.60. The molecule has 0 radical (unpaired) electrons. The van der Waals surface area contributed by atoms with Crippen LogP contribution < -0.4 is 14.4 Å². The van der Waals surface area contributed by atoms with Crippen molar-refractivity contribution in [3.8, 4) is 17.6 Å². The number of rotatable bonds is 5. The number of nitriles is 1. The number of nitrogens with zero attached hydrogens (tertiary/aromatic N) is 4. The van der Waals surface area contributed by atoms with E-state index in [4.69, 9.17) is 21.1 Å². The van der Waals surface area contributed by atoms with Gasteiger partial charge in [0.25, 0.3) is 0 Å². The van der Waals surface area contributed by atoms with Crippen molar-refractivity contribution in [1.29, 1.82) is 5.26 Å². The normalized spacial score (nSPS) is 16.6. The van der Waals surface area contributed by atoms with Gasteiger partial charge in [-0.05, 0) is 18.2 Å². The lowest BCUT2D eigenvalue weighted by atomic mass is 10.2. The van der Waals surface area contributed by atoms with Crippen molar-refractivity contribution in [2.75, 3.05) is 56.6 Å². The van der Waals surface area contributed by atoms with Crippen LogP contribution in [0.15, 0.2) is 35.5 Å². The second kappa shape index (κ2) is 8.91. The molecule has 8 heteroatoms. The molecule has 0 spiro atoms. The van der Waals surface area contributed by atoms with Gasteiger partial charge in [0, 0.05) is 44.7 Å². The zero-order valence-electron chi connectivity index (χ0n) is 15.4. The van der Waals surface area contributed by atoms with Gasteiger partial charge in [-0.15, -0.1) is 11.8 Å². The van der Waals surface area contributed by atoms with Crippen LogP contribution in [0.3, 0.4) is 0 Å². The fourth-order valence-electron chi connectivity index (χ4n) is 3.41. The van der Waals surface area contributed by atoms with Crippen molar-refractivity contribution in [2.24, 2.45) is 0 Å². The number of aromatic nitrogens is 1. The van der Waals surface area contributed by atoms with E-state index in [1.54, 1.807) is 24.0 Å². The van der Waals surface area contributed by atoms with Crippen molar-refractivity contribution < 1.29 is 9.47 Å². The van der Waals surface area contributed by atoms with Crippen LogP contribution in [0.2, 0.25) is 5.02 Å². The number of para-hydroxylation sites is 1. The van der Waals surface area contributed by atoms with Crippen LogP contribution in [0.4, 0.5) is 5.69 Å². The lowest BCUT2D eigenvalue weighted by molar-refractivity contribution is 0.171. The number of hydrogen-bond acceptors (Lipinski definition) is 7. The maximum atomic E-state index is 9.22. The largest absolute Gasteiger partial charge is 0.486 e. The summed E-state index contributed by atoms with van der Waals surface area (Å²) in [6.07, 6.45) is 1.59. The Bertz CT molecular complexity index is 881. The van der Waals surface area contributed by atoms with Gasteiger partial charge in [0.1, 0.15) is 24.3 Å². The van der Waals surface area contributed by atoms with Crippen LogP contribution in [0, 0.1) is 11.3 Å². The Morgan fingerprint density at radius 2 is 2.00 bits per heavy atom. The number of piperazine rings is 1. The standard InChI is InChI=1S/C20H21ClN4O2S/c21-16-12-15(13-22)20(23-14-16)28-11-8-24-4-6-25(7-5-24)17-2-1-3-18-19(17)27-10-9-26-18/h1-3,12,14H,4-11H2. The fourth-order valence-corrected chi connectivity index (χ4v) is 4.50. The molecule has 1 saturated heterocycles. The number of benzene rings is 1. The molecule has 0 atom stereocenters. The molecule has 0 unspecified atom stereocenters. The number of pyridine rings is 1. The molecule has 2 aliphatic heterocycles. The topological polar surface area (TPSA) is 61.6 Å². The predicted octanol–water partition coefficient (Wildman–Crippen LogP) is 3.29. The third-order valence-electron chi connectivity index (χ3n) is 4.84. The molecule has 1 aromatic carbocycles. The van der Waals surface area contributed by atoms with Gasteiger partial charge in [-0.25, -0.2) is 4.98 Å². The molecular weight excluding hydrogens is 396 g/mol. The summed E-state index contributed by atoms with van der Waals surface area (Å²) in [5, 5.41) is 10.5. The Labute approximate surface area is 174 Å². The molecule has 6 nitrogen and oxygen atoms in total. The highest BCUT2D eigenvalue weighted by atomic mass is 35.5. The first-order valence-corrected chi connectivity index (χ1v) is 10.7. The predicted molar refractivity (Wildman–Crippen MR) is 111 cm³/mol. The number of halogens is 1. The molecule has 0 saturated carbocycles. The van der Waals surface area contributed by atoms with Gasteiger partial charge in [-0.3, -0.25) is 4.90 Å². The molecule has 1 fully saturated rings. The van der Waals surface area contributed by atoms with Crippen LogP contribution in [-0.4, -0.2) is 61.6 Å². The van der Waals surface area contributed by atoms with E-state index in [2.05, 4.69) is 26.9 Å². The zero-order chi connectivity index (χ0) is 19.3. The minimum Gasteiger partial charge on any atom is -0.486 e. The molecule has 1 aromatic heterocycles. The van der Waals surface area contributed by atoms with Crippen molar-refractivity contribution in [3.05, 3.63) is 41.0 Å². The zero-order valence-corrected chi connectivity index (χ0v) is 17.0. The Kier molecular flexibility index (Phi) is 6.10. The molecule has 0 aliphatic carbocycles. The van der Waals surface area contributed by atoms with Gasteiger partial charge >= 0.3 is 0 Å². The smallest absolute Gasteiger partial charge is 0.184 e. The quantitative estimate of drug-likeness (QED) is 0.693. The molecule has 0 amide bonds. The summed E-state index contributed by atoms with van der Waals surface area (Å²) < 4.78 is 11.5. The third kappa shape index (κ3) is 4.30. The van der Waals surface area contributed by atoms with E-state index in [9.17, 15) is 5.26 Å². The average molecular weight is 417 g/mol. The first-order chi connectivity index (χ1) is 13.7. The third-order valence-corrected chi connectivity index (χ3v) is 6.04. The molecular formula is C20H21ClN4O2S. The SMILES string of the molecule is N#Cc1cc(Cl)cnc1SCCN1CCN(c2cccc3c2OCCO3)CC1. The van der Waals surface area contributed by atoms with E-state index < -0.39 is 0 Å². The monoisotopic (exact) mass is 416 g/mol. The van der Waals surface area contributed by atoms with Gasteiger partial charge in [0.15, 0.2) is 11.5 Å². The average Bonchev–Trinajstić information content (AvgIpc) is 2.75. The Morgan fingerprint density at radius 3 is 2.82 bits per heavy atom. The molecule has 28 heavy (non-hydrogen) atoms. The highest BCUT2D eigenvalue weighted by molar-refractivity contribution is 7.99. The highest BCUT2D eigenvalue weighted by Gasteiger charge is 2.23. The van der Waals surface area contributed by atoms with E-state index in [0.717, 1.165) is 60.7 Å². The van der Waals surface area contributed by atoms with Crippen molar-refractivity contribution in [3.63, 3.8) is 0 Å². The molecule has 0 N–H and O–H groups in total. The van der Waals surface area contributed by atoms with Crippen LogP contribution in [0.25, 0.3) is 0 Å². The maximum absolute atomic E-state index is 9.22. The van der Waals surface area contributed by atoms with Crippen LogP contribution >= 0.6 is 23.4 Å². The summed E-state index contributed by atoms with van der Waals surface area (Å²) in [7, 11) is 0. The summed E-state index contributed by atoms with van der Waals surface area (Å²) in [5.41, 5.74) is 1.66. The number of hydrogen-bond donors (Lipinski definition) is 0. The lowest BCUT2D eigenvalue weighted by Gasteiger charge is -2.37. The molecule has 2 aliphatic rings. The number of ether oxygens (including phenoxy) is 2. The van der Waals surface area contributed by atoms with E-state index in [0.29, 0.717) is 23.8 Å². The van der Waals surface area contributed by atoms with Gasteiger partial charge in [0.05, 0.1) is 16.3 Å². The molecule has 3 heterocycles. The highest BCUT2D eigenvalue weighted by Crippen LogP contribution is 2.39. The fraction of sp³-hybridized carbons (Fsp3) is 0.400. The lowest BCUT2D eigenvalue weighted by Crippen LogP contribution is -2.47. The summed E-state index contributed by atoms with van der Waals surface area (Å²) in [6.45, 7) is 6.05. The van der Waals surface area contributed by atoms with Gasteiger partial charge in [0.2, 0.25) is 0 Å². The number of thioether (sulfide) groups is 1. The first-order valence-electron chi connectivity index (χ1n) is 9.29. The van der Waals surface area contributed by atoms with Crippen LogP contribution in [0.5, 0.6) is 11.5 Å². The number of fused-ring (bicyclic) bond motifs is 1. The second-order valence-corrected chi connectivity index (χ2v) is 8.12. The van der Waals surface area contributed by atoms with Crippen molar-refractivity contribution >= 4 is 29.1 Å². The van der Waals surface area contributed by atoms with Crippen molar-refractivity contribution in [2.45, 2.75) is 5.03 Å². The molecule has 0 bridgehead atoms. The summed E-state index contributed by atoms with van der Waals surface area (Å²) in [6, 6.07) is 9.93.